The SMILES string of the molecule is CCCC(C)Nc1ncc2c(-c3ccc(CN4CCC(C(N)=O)CC4)cc3)cn([C@H]3CC[C@H](O)CC3)c2n1. The molecular weight excluding hydrogens is 476 g/mol. The Kier molecular flexibility index (Phi) is 8.29. The minimum Gasteiger partial charge on any atom is -0.393 e. The molecule has 38 heavy (non-hydrogen) atoms. The van der Waals surface area contributed by atoms with Crippen molar-refractivity contribution < 1.29 is 9.90 Å². The minimum atomic E-state index is -0.191. The van der Waals surface area contributed by atoms with Crippen LogP contribution in [0.2, 0.25) is 0 Å². The number of nitrogens with one attached hydrogen (secondary N) is 1. The Morgan fingerprint density at radius 1 is 1.13 bits per heavy atom. The first-order valence-electron chi connectivity index (χ1n) is 14.3. The number of hydrogen-bond acceptors (Lipinski definition) is 6. The zero-order valence-electron chi connectivity index (χ0n) is 22.8. The van der Waals surface area contributed by atoms with Crippen LogP contribution < -0.4 is 11.1 Å². The van der Waals surface area contributed by atoms with Crippen molar-refractivity contribution >= 4 is 22.9 Å². The van der Waals surface area contributed by atoms with Gasteiger partial charge in [-0.05, 0) is 76.1 Å². The highest BCUT2D eigenvalue weighted by molar-refractivity contribution is 5.94. The molecule has 204 valence electrons. The van der Waals surface area contributed by atoms with Crippen molar-refractivity contribution in [2.45, 2.75) is 89.9 Å². The lowest BCUT2D eigenvalue weighted by Gasteiger charge is -2.30. The van der Waals surface area contributed by atoms with E-state index in [-0.39, 0.29) is 17.9 Å². The van der Waals surface area contributed by atoms with Gasteiger partial charge in [0.1, 0.15) is 5.65 Å². The van der Waals surface area contributed by atoms with Crippen molar-refractivity contribution in [3.63, 3.8) is 0 Å². The van der Waals surface area contributed by atoms with Crippen molar-refractivity contribution in [1.82, 2.24) is 19.4 Å². The number of benzene rings is 1. The van der Waals surface area contributed by atoms with Gasteiger partial charge in [0.2, 0.25) is 11.9 Å². The Labute approximate surface area is 225 Å². The van der Waals surface area contributed by atoms with Crippen LogP contribution in [0.4, 0.5) is 5.95 Å². The van der Waals surface area contributed by atoms with Gasteiger partial charge < -0.3 is 20.7 Å². The number of piperidine rings is 1. The summed E-state index contributed by atoms with van der Waals surface area (Å²) in [6, 6.07) is 9.46. The van der Waals surface area contributed by atoms with Crippen LogP contribution in [0.1, 0.15) is 76.8 Å². The maximum Gasteiger partial charge on any atom is 0.224 e. The Morgan fingerprint density at radius 2 is 1.84 bits per heavy atom. The van der Waals surface area contributed by atoms with Crippen molar-refractivity contribution in [2.75, 3.05) is 18.4 Å². The fraction of sp³-hybridized carbons (Fsp3) is 0.567. The molecular formula is C30H42N6O2. The number of rotatable bonds is 9. The minimum absolute atomic E-state index is 0.0196. The summed E-state index contributed by atoms with van der Waals surface area (Å²) in [5.74, 6) is 0.529. The lowest BCUT2D eigenvalue weighted by molar-refractivity contribution is -0.123. The number of hydrogen-bond donors (Lipinski definition) is 3. The van der Waals surface area contributed by atoms with E-state index in [1.165, 1.54) is 5.56 Å². The molecule has 1 unspecified atom stereocenters. The molecule has 3 aromatic rings. The highest BCUT2D eigenvalue weighted by Gasteiger charge is 2.25. The van der Waals surface area contributed by atoms with Crippen LogP contribution in [-0.2, 0) is 11.3 Å². The van der Waals surface area contributed by atoms with Crippen LogP contribution in [0.3, 0.4) is 0 Å². The van der Waals surface area contributed by atoms with Crippen LogP contribution in [0.5, 0.6) is 0 Å². The molecule has 1 aliphatic carbocycles. The normalized spacial score (nSPS) is 22.0. The summed E-state index contributed by atoms with van der Waals surface area (Å²) < 4.78 is 2.32. The second-order valence-electron chi connectivity index (χ2n) is 11.3. The number of nitrogens with zero attached hydrogens (tertiary/aromatic N) is 4. The summed E-state index contributed by atoms with van der Waals surface area (Å²) in [6.45, 7) is 7.05. The lowest BCUT2D eigenvalue weighted by Crippen LogP contribution is -2.38. The van der Waals surface area contributed by atoms with E-state index < -0.39 is 0 Å². The zero-order chi connectivity index (χ0) is 26.6. The maximum atomic E-state index is 11.5. The molecule has 1 aromatic carbocycles. The van der Waals surface area contributed by atoms with Gasteiger partial charge in [-0.25, -0.2) is 4.98 Å². The number of fused-ring (bicyclic) bond motifs is 1. The van der Waals surface area contributed by atoms with E-state index in [4.69, 9.17) is 10.7 Å². The molecule has 1 saturated heterocycles. The van der Waals surface area contributed by atoms with Crippen LogP contribution >= 0.6 is 0 Å². The molecule has 8 heteroatoms. The first kappa shape index (κ1) is 26.6. The van der Waals surface area contributed by atoms with Gasteiger partial charge in [-0.1, -0.05) is 37.6 Å². The Balaban J connectivity index is 1.38. The van der Waals surface area contributed by atoms with Crippen molar-refractivity contribution in [3.8, 4) is 11.1 Å². The molecule has 1 atom stereocenters. The molecule has 0 radical (unpaired) electrons. The number of nitrogens with two attached hydrogens (primary N) is 1. The van der Waals surface area contributed by atoms with Gasteiger partial charge in [0, 0.05) is 47.9 Å². The van der Waals surface area contributed by atoms with E-state index >= 15 is 0 Å². The van der Waals surface area contributed by atoms with Crippen LogP contribution in [0.25, 0.3) is 22.2 Å². The lowest BCUT2D eigenvalue weighted by atomic mass is 9.93. The molecule has 0 spiro atoms. The summed E-state index contributed by atoms with van der Waals surface area (Å²) in [6.07, 6.45) is 11.5. The molecule has 1 saturated carbocycles. The smallest absolute Gasteiger partial charge is 0.224 e. The van der Waals surface area contributed by atoms with E-state index in [0.29, 0.717) is 18.0 Å². The van der Waals surface area contributed by atoms with Crippen molar-refractivity contribution in [1.29, 1.82) is 0 Å². The third kappa shape index (κ3) is 6.02. The van der Waals surface area contributed by atoms with E-state index in [9.17, 15) is 9.90 Å². The number of primary amides is 1. The average molecular weight is 519 g/mol. The Morgan fingerprint density at radius 3 is 2.50 bits per heavy atom. The topological polar surface area (TPSA) is 109 Å². The van der Waals surface area contributed by atoms with Gasteiger partial charge in [0.05, 0.1) is 6.10 Å². The van der Waals surface area contributed by atoms with Gasteiger partial charge >= 0.3 is 0 Å². The molecule has 0 bridgehead atoms. The molecule has 8 nitrogen and oxygen atoms in total. The van der Waals surface area contributed by atoms with Crippen molar-refractivity contribution in [2.24, 2.45) is 11.7 Å². The molecule has 4 N–H and O–H groups in total. The second kappa shape index (κ2) is 11.8. The van der Waals surface area contributed by atoms with E-state index in [1.807, 2.05) is 6.20 Å². The fourth-order valence-electron chi connectivity index (χ4n) is 6.09. The average Bonchev–Trinajstić information content (AvgIpc) is 3.29. The molecule has 1 amide bonds. The van der Waals surface area contributed by atoms with Gasteiger partial charge in [-0.2, -0.15) is 4.98 Å². The summed E-state index contributed by atoms with van der Waals surface area (Å²) in [7, 11) is 0. The summed E-state index contributed by atoms with van der Waals surface area (Å²) in [5, 5.41) is 14.6. The summed E-state index contributed by atoms with van der Waals surface area (Å²) in [4.78, 5) is 23.5. The fourth-order valence-corrected chi connectivity index (χ4v) is 6.09. The van der Waals surface area contributed by atoms with Crippen LogP contribution in [0.15, 0.2) is 36.7 Å². The highest BCUT2D eigenvalue weighted by Crippen LogP contribution is 2.37. The van der Waals surface area contributed by atoms with Gasteiger partial charge in [-0.15, -0.1) is 0 Å². The number of carbonyl (C=O) groups is 1. The van der Waals surface area contributed by atoms with E-state index in [1.54, 1.807) is 0 Å². The van der Waals surface area contributed by atoms with E-state index in [2.05, 4.69) is 64.1 Å². The molecule has 2 fully saturated rings. The summed E-state index contributed by atoms with van der Waals surface area (Å²) in [5.41, 5.74) is 10.0. The van der Waals surface area contributed by atoms with Gasteiger partial charge in [0.15, 0.2) is 0 Å². The van der Waals surface area contributed by atoms with Crippen LogP contribution in [0, 0.1) is 5.92 Å². The predicted molar refractivity (Wildman–Crippen MR) is 152 cm³/mol. The number of amides is 1. The standard InChI is InChI=1S/C30H42N6O2/c1-3-4-20(2)33-30-32-17-26-27(19-36(29(26)34-30)24-9-11-25(37)12-10-24)22-7-5-21(6-8-22)18-35-15-13-23(14-16-35)28(31)38/h5-8,17,19-20,23-25,37H,3-4,9-16,18H2,1-2H3,(H2,31,38)(H,32,33,34)/t20?,24-,25-. The third-order valence-electron chi connectivity index (χ3n) is 8.39. The van der Waals surface area contributed by atoms with E-state index in [0.717, 1.165) is 93.2 Å². The van der Waals surface area contributed by atoms with Crippen molar-refractivity contribution in [3.05, 3.63) is 42.2 Å². The van der Waals surface area contributed by atoms with Gasteiger partial charge in [0.25, 0.3) is 0 Å². The largest absolute Gasteiger partial charge is 0.393 e. The summed E-state index contributed by atoms with van der Waals surface area (Å²) >= 11 is 0. The molecule has 5 rings (SSSR count). The van der Waals surface area contributed by atoms with Crippen LogP contribution in [-0.4, -0.2) is 55.7 Å². The molecule has 2 aromatic heterocycles. The number of carbonyl (C=O) groups excluding carboxylic acids is 1. The Hall–Kier alpha value is -2.97. The second-order valence-corrected chi connectivity index (χ2v) is 11.3. The highest BCUT2D eigenvalue weighted by atomic mass is 16.3. The first-order chi connectivity index (χ1) is 18.4. The maximum absolute atomic E-state index is 11.5. The number of aliphatic hydroxyl groups excluding tert-OH is 1. The monoisotopic (exact) mass is 518 g/mol. The Bertz CT molecular complexity index is 1220. The van der Waals surface area contributed by atoms with Gasteiger partial charge in [-0.3, -0.25) is 9.69 Å². The molecule has 2 aliphatic rings. The predicted octanol–water partition coefficient (Wildman–Crippen LogP) is 4.87. The first-order valence-corrected chi connectivity index (χ1v) is 14.3. The number of aromatic nitrogens is 3. The third-order valence-corrected chi connectivity index (χ3v) is 8.39. The number of aliphatic hydroxyl groups is 1. The molecule has 3 heterocycles. The number of likely N-dealkylation sites (tertiary alicyclic amines) is 1. The quantitative estimate of drug-likeness (QED) is 0.373. The molecule has 1 aliphatic heterocycles. The number of anilines is 1. The zero-order valence-corrected chi connectivity index (χ0v) is 22.8.